The summed E-state index contributed by atoms with van der Waals surface area (Å²) in [6, 6.07) is 0. The van der Waals surface area contributed by atoms with Gasteiger partial charge in [-0.3, -0.25) is 20.4 Å². The molecule has 5 rings (SSSR count). The molecule has 2 amide bonds. The Morgan fingerprint density at radius 3 is 2.17 bits per heavy atom. The third-order valence-corrected chi connectivity index (χ3v) is 6.67. The van der Waals surface area contributed by atoms with Crippen LogP contribution in [0.2, 0.25) is 0 Å². The van der Waals surface area contributed by atoms with Crippen molar-refractivity contribution in [1.29, 1.82) is 0 Å². The number of allylic oxidation sites excluding steroid dienone is 2. The smallest absolute Gasteiger partial charge is 0.241 e. The van der Waals surface area contributed by atoms with Gasteiger partial charge in [0.25, 0.3) is 0 Å². The molecule has 5 aliphatic carbocycles. The summed E-state index contributed by atoms with van der Waals surface area (Å²) < 4.78 is 0. The van der Waals surface area contributed by atoms with E-state index in [1.165, 1.54) is 38.5 Å². The summed E-state index contributed by atoms with van der Waals surface area (Å²) in [5.41, 5.74) is 5.59. The molecular weight excluding hydrogens is 288 g/mol. The number of amides is 2. The molecule has 4 nitrogen and oxygen atoms in total. The maximum absolute atomic E-state index is 12.4. The summed E-state index contributed by atoms with van der Waals surface area (Å²) in [6.07, 6.45) is 15.3. The van der Waals surface area contributed by atoms with E-state index in [4.69, 9.17) is 0 Å². The van der Waals surface area contributed by atoms with Crippen LogP contribution in [0.4, 0.5) is 0 Å². The van der Waals surface area contributed by atoms with Crippen LogP contribution in [0.15, 0.2) is 12.2 Å². The average molecular weight is 316 g/mol. The number of rotatable bonds is 3. The molecule has 0 spiro atoms. The molecule has 126 valence electrons. The van der Waals surface area contributed by atoms with E-state index in [9.17, 15) is 9.59 Å². The van der Waals surface area contributed by atoms with E-state index >= 15 is 0 Å². The van der Waals surface area contributed by atoms with E-state index in [0.717, 1.165) is 37.0 Å². The van der Waals surface area contributed by atoms with Gasteiger partial charge in [-0.25, -0.2) is 0 Å². The fourth-order valence-electron chi connectivity index (χ4n) is 6.16. The summed E-state index contributed by atoms with van der Waals surface area (Å²) in [5.74, 6) is 2.56. The summed E-state index contributed by atoms with van der Waals surface area (Å²) in [7, 11) is 0. The molecule has 0 saturated heterocycles. The first-order valence-corrected chi connectivity index (χ1v) is 9.36. The maximum atomic E-state index is 12.4. The van der Waals surface area contributed by atoms with Crippen LogP contribution < -0.4 is 10.9 Å². The largest absolute Gasteiger partial charge is 0.273 e. The van der Waals surface area contributed by atoms with Crippen LogP contribution in [0.5, 0.6) is 0 Å². The normalized spacial score (nSPS) is 40.9. The molecule has 0 aromatic carbocycles. The van der Waals surface area contributed by atoms with Crippen LogP contribution in [-0.4, -0.2) is 11.8 Å². The maximum Gasteiger partial charge on any atom is 0.241 e. The summed E-state index contributed by atoms with van der Waals surface area (Å²) in [5, 5.41) is 0. The van der Waals surface area contributed by atoms with Gasteiger partial charge < -0.3 is 0 Å². The van der Waals surface area contributed by atoms with Crippen LogP contribution in [0.25, 0.3) is 0 Å². The lowest BCUT2D eigenvalue weighted by Crippen LogP contribution is -2.50. The van der Waals surface area contributed by atoms with Gasteiger partial charge >= 0.3 is 0 Å². The number of hydrogen-bond acceptors (Lipinski definition) is 2. The molecule has 5 aliphatic rings. The predicted molar refractivity (Wildman–Crippen MR) is 88.0 cm³/mol. The Bertz CT molecular complexity index is 490. The molecule has 0 aromatic rings. The Morgan fingerprint density at radius 1 is 0.957 bits per heavy atom. The van der Waals surface area contributed by atoms with Gasteiger partial charge in [0.1, 0.15) is 0 Å². The van der Waals surface area contributed by atoms with Crippen LogP contribution in [-0.2, 0) is 9.59 Å². The standard InChI is InChI=1S/C19H28N2O2/c22-17(20-21-18(23)16-4-2-1-3-5-16)12-19-9-13-6-14(10-19)8-15(7-13)11-19/h1-2,13-16H,3-12H2,(H,20,22)(H,21,23)/t13?,14?,15?,16-,19?/m1/s1. The average Bonchev–Trinajstić information content (AvgIpc) is 2.51. The Labute approximate surface area is 138 Å². The van der Waals surface area contributed by atoms with Crippen LogP contribution in [0.1, 0.15) is 64.2 Å². The number of nitrogens with one attached hydrogen (secondary N) is 2. The predicted octanol–water partition coefficient (Wildman–Crippen LogP) is 3.10. The van der Waals surface area contributed by atoms with Crippen molar-refractivity contribution in [3.8, 4) is 0 Å². The second-order valence-corrected chi connectivity index (χ2v) is 8.61. The minimum absolute atomic E-state index is 0.00616. The second-order valence-electron chi connectivity index (χ2n) is 8.61. The van der Waals surface area contributed by atoms with Crippen molar-refractivity contribution < 1.29 is 9.59 Å². The van der Waals surface area contributed by atoms with E-state index in [1.54, 1.807) is 0 Å². The third kappa shape index (κ3) is 3.17. The molecule has 2 N–H and O–H groups in total. The van der Waals surface area contributed by atoms with Crippen molar-refractivity contribution >= 4 is 11.8 Å². The van der Waals surface area contributed by atoms with Crippen molar-refractivity contribution in [3.05, 3.63) is 12.2 Å². The van der Waals surface area contributed by atoms with Crippen LogP contribution >= 0.6 is 0 Å². The summed E-state index contributed by atoms with van der Waals surface area (Å²) >= 11 is 0. The molecule has 1 atom stereocenters. The van der Waals surface area contributed by atoms with E-state index < -0.39 is 0 Å². The van der Waals surface area contributed by atoms with Crippen LogP contribution in [0, 0.1) is 29.1 Å². The van der Waals surface area contributed by atoms with E-state index in [2.05, 4.69) is 23.0 Å². The highest BCUT2D eigenvalue weighted by molar-refractivity contribution is 5.83. The molecule has 0 aromatic heterocycles. The molecule has 4 bridgehead atoms. The zero-order valence-electron chi connectivity index (χ0n) is 13.9. The first-order valence-electron chi connectivity index (χ1n) is 9.36. The lowest BCUT2D eigenvalue weighted by molar-refractivity contribution is -0.135. The van der Waals surface area contributed by atoms with E-state index in [0.29, 0.717) is 6.42 Å². The molecule has 0 heterocycles. The highest BCUT2D eigenvalue weighted by Crippen LogP contribution is 2.61. The Kier molecular flexibility index (Phi) is 3.94. The molecule has 0 radical (unpaired) electrons. The van der Waals surface area contributed by atoms with Gasteiger partial charge in [0.2, 0.25) is 11.8 Å². The van der Waals surface area contributed by atoms with Gasteiger partial charge in [0.05, 0.1) is 0 Å². The van der Waals surface area contributed by atoms with Gasteiger partial charge in [0.15, 0.2) is 0 Å². The van der Waals surface area contributed by atoms with E-state index in [-0.39, 0.29) is 23.1 Å². The van der Waals surface area contributed by atoms with Crippen molar-refractivity contribution in [3.63, 3.8) is 0 Å². The fraction of sp³-hybridized carbons (Fsp3) is 0.789. The van der Waals surface area contributed by atoms with Gasteiger partial charge in [-0.15, -0.1) is 0 Å². The van der Waals surface area contributed by atoms with Crippen molar-refractivity contribution in [2.75, 3.05) is 0 Å². The number of carbonyl (C=O) groups is 2. The first kappa shape index (κ1) is 15.2. The zero-order valence-corrected chi connectivity index (χ0v) is 13.9. The van der Waals surface area contributed by atoms with E-state index in [1.807, 2.05) is 0 Å². The minimum Gasteiger partial charge on any atom is -0.273 e. The van der Waals surface area contributed by atoms with Crippen molar-refractivity contribution in [2.45, 2.75) is 64.2 Å². The fourth-order valence-corrected chi connectivity index (χ4v) is 6.16. The number of carbonyl (C=O) groups excluding carboxylic acids is 2. The highest BCUT2D eigenvalue weighted by Gasteiger charge is 2.51. The summed E-state index contributed by atoms with van der Waals surface area (Å²) in [6.45, 7) is 0. The second kappa shape index (κ2) is 5.95. The van der Waals surface area contributed by atoms with Gasteiger partial charge in [-0.2, -0.15) is 0 Å². The first-order chi connectivity index (χ1) is 11.1. The zero-order chi connectivity index (χ0) is 15.9. The van der Waals surface area contributed by atoms with Crippen LogP contribution in [0.3, 0.4) is 0 Å². The minimum atomic E-state index is -0.0341. The monoisotopic (exact) mass is 316 g/mol. The molecule has 0 aliphatic heterocycles. The third-order valence-electron chi connectivity index (χ3n) is 6.67. The topological polar surface area (TPSA) is 58.2 Å². The highest BCUT2D eigenvalue weighted by atomic mass is 16.2. The van der Waals surface area contributed by atoms with Crippen molar-refractivity contribution in [2.24, 2.45) is 29.1 Å². The lowest BCUT2D eigenvalue weighted by Gasteiger charge is -2.56. The number of hydrazine groups is 1. The Balaban J connectivity index is 1.28. The van der Waals surface area contributed by atoms with Gasteiger partial charge in [-0.05, 0) is 81.0 Å². The molecule has 4 heteroatoms. The molecule has 23 heavy (non-hydrogen) atoms. The molecular formula is C19H28N2O2. The SMILES string of the molecule is O=C(CC12CC3CC(CC(C3)C1)C2)NNC(=O)[C@@H]1CC=CCC1. The Morgan fingerprint density at radius 2 is 1.61 bits per heavy atom. The molecule has 4 fully saturated rings. The molecule has 4 saturated carbocycles. The van der Waals surface area contributed by atoms with Crippen molar-refractivity contribution in [1.82, 2.24) is 10.9 Å². The summed E-state index contributed by atoms with van der Waals surface area (Å²) in [4.78, 5) is 24.5. The van der Waals surface area contributed by atoms with Gasteiger partial charge in [-0.1, -0.05) is 12.2 Å². The Hall–Kier alpha value is -1.32. The quantitative estimate of drug-likeness (QED) is 0.621. The van der Waals surface area contributed by atoms with Gasteiger partial charge in [0, 0.05) is 12.3 Å². The molecule has 0 unspecified atom stereocenters. The lowest BCUT2D eigenvalue weighted by atomic mass is 9.49. The number of hydrogen-bond donors (Lipinski definition) is 2.